The number of halogens is 1. The molecule has 0 radical (unpaired) electrons. The standard InChI is InChI=1S/C18H17FN2O5S/c1-12-2-5-14(21(24)25)10-16(12)20-17(22)11-26-18(23)8-9-27-15-6-3-13(19)4-7-15/h2-7,10H,8-9,11H2,1H3,(H,20,22). The molecule has 0 spiro atoms. The van der Waals surface area contributed by atoms with Crippen LogP contribution in [0.1, 0.15) is 12.0 Å². The molecule has 0 atom stereocenters. The summed E-state index contributed by atoms with van der Waals surface area (Å²) in [5.41, 5.74) is 0.791. The van der Waals surface area contributed by atoms with Crippen molar-refractivity contribution in [3.63, 3.8) is 0 Å². The number of non-ortho nitro benzene ring substituents is 1. The molecule has 0 fully saturated rings. The number of thioether (sulfide) groups is 1. The van der Waals surface area contributed by atoms with Gasteiger partial charge in [-0.15, -0.1) is 11.8 Å². The van der Waals surface area contributed by atoms with E-state index in [-0.39, 0.29) is 23.6 Å². The summed E-state index contributed by atoms with van der Waals surface area (Å²) in [5.74, 6) is -1.03. The molecule has 1 amide bonds. The number of anilines is 1. The molecule has 9 heteroatoms. The van der Waals surface area contributed by atoms with Crippen LogP contribution in [0, 0.1) is 22.9 Å². The summed E-state index contributed by atoms with van der Waals surface area (Å²) in [6, 6.07) is 9.99. The third-order valence-electron chi connectivity index (χ3n) is 3.46. The van der Waals surface area contributed by atoms with Crippen LogP contribution in [0.5, 0.6) is 0 Å². The smallest absolute Gasteiger partial charge is 0.307 e. The first kappa shape index (κ1) is 20.4. The lowest BCUT2D eigenvalue weighted by Gasteiger charge is -2.09. The average Bonchev–Trinajstić information content (AvgIpc) is 2.63. The number of esters is 1. The second-order valence-corrected chi connectivity index (χ2v) is 6.69. The van der Waals surface area contributed by atoms with E-state index >= 15 is 0 Å². The van der Waals surface area contributed by atoms with Gasteiger partial charge in [-0.2, -0.15) is 0 Å². The average molecular weight is 392 g/mol. The van der Waals surface area contributed by atoms with E-state index in [2.05, 4.69) is 5.32 Å². The molecular formula is C18H17FN2O5S. The molecule has 142 valence electrons. The number of aryl methyl sites for hydroxylation is 1. The van der Waals surface area contributed by atoms with Crippen LogP contribution in [0.4, 0.5) is 15.8 Å². The van der Waals surface area contributed by atoms with Gasteiger partial charge in [0.05, 0.1) is 17.0 Å². The Morgan fingerprint density at radius 1 is 1.22 bits per heavy atom. The highest BCUT2D eigenvalue weighted by atomic mass is 32.2. The van der Waals surface area contributed by atoms with E-state index in [1.54, 1.807) is 19.1 Å². The largest absolute Gasteiger partial charge is 0.456 e. The SMILES string of the molecule is Cc1ccc([N+](=O)[O-])cc1NC(=O)COC(=O)CCSc1ccc(F)cc1. The number of nitrogens with one attached hydrogen (secondary N) is 1. The van der Waals surface area contributed by atoms with Crippen LogP contribution < -0.4 is 5.32 Å². The molecule has 0 aliphatic rings. The van der Waals surface area contributed by atoms with Crippen LogP contribution in [0.25, 0.3) is 0 Å². The number of carbonyl (C=O) groups is 2. The first-order valence-electron chi connectivity index (χ1n) is 7.94. The number of amides is 1. The maximum atomic E-state index is 12.8. The van der Waals surface area contributed by atoms with Crippen LogP contribution in [-0.4, -0.2) is 29.2 Å². The highest BCUT2D eigenvalue weighted by Gasteiger charge is 2.13. The summed E-state index contributed by atoms with van der Waals surface area (Å²) in [7, 11) is 0. The van der Waals surface area contributed by atoms with Crippen molar-refractivity contribution >= 4 is 35.0 Å². The predicted octanol–water partition coefficient (Wildman–Crippen LogP) is 3.71. The maximum absolute atomic E-state index is 12.8. The van der Waals surface area contributed by atoms with Gasteiger partial charge in [0.1, 0.15) is 5.82 Å². The molecule has 7 nitrogen and oxygen atoms in total. The number of ether oxygens (including phenoxy) is 1. The van der Waals surface area contributed by atoms with Gasteiger partial charge in [-0.25, -0.2) is 4.39 Å². The number of rotatable bonds is 8. The number of hydrogen-bond donors (Lipinski definition) is 1. The molecular weight excluding hydrogens is 375 g/mol. The van der Waals surface area contributed by atoms with Crippen molar-refractivity contribution in [2.45, 2.75) is 18.2 Å². The first-order chi connectivity index (χ1) is 12.8. The third-order valence-corrected chi connectivity index (χ3v) is 4.47. The van der Waals surface area contributed by atoms with Crippen molar-refractivity contribution in [1.29, 1.82) is 0 Å². The fraction of sp³-hybridized carbons (Fsp3) is 0.222. The fourth-order valence-corrected chi connectivity index (χ4v) is 2.88. The van der Waals surface area contributed by atoms with Crippen LogP contribution >= 0.6 is 11.8 Å². The van der Waals surface area contributed by atoms with E-state index in [1.807, 2.05) is 0 Å². The topological polar surface area (TPSA) is 98.5 Å². The number of benzene rings is 2. The van der Waals surface area contributed by atoms with Crippen molar-refractivity contribution in [2.24, 2.45) is 0 Å². The van der Waals surface area contributed by atoms with Gasteiger partial charge in [0.2, 0.25) is 0 Å². The van der Waals surface area contributed by atoms with Crippen molar-refractivity contribution < 1.29 is 23.6 Å². The maximum Gasteiger partial charge on any atom is 0.307 e. The van der Waals surface area contributed by atoms with Gasteiger partial charge in [-0.1, -0.05) is 6.07 Å². The van der Waals surface area contributed by atoms with Gasteiger partial charge >= 0.3 is 5.97 Å². The Labute approximate surface area is 159 Å². The predicted molar refractivity (Wildman–Crippen MR) is 99.2 cm³/mol. The third kappa shape index (κ3) is 6.70. The van der Waals surface area contributed by atoms with Crippen molar-refractivity contribution in [1.82, 2.24) is 0 Å². The highest BCUT2D eigenvalue weighted by molar-refractivity contribution is 7.99. The zero-order valence-corrected chi connectivity index (χ0v) is 15.3. The van der Waals surface area contributed by atoms with Crippen molar-refractivity contribution in [2.75, 3.05) is 17.7 Å². The molecule has 2 aromatic carbocycles. The Morgan fingerprint density at radius 2 is 1.93 bits per heavy atom. The molecule has 2 aromatic rings. The number of nitro benzene ring substituents is 1. The van der Waals surface area contributed by atoms with Crippen molar-refractivity contribution in [3.05, 3.63) is 64.0 Å². The molecule has 0 heterocycles. The van der Waals surface area contributed by atoms with Crippen LogP contribution in [0.15, 0.2) is 47.4 Å². The molecule has 0 saturated carbocycles. The first-order valence-corrected chi connectivity index (χ1v) is 8.92. The minimum atomic E-state index is -0.585. The lowest BCUT2D eigenvalue weighted by atomic mass is 10.2. The number of nitro groups is 1. The molecule has 2 rings (SSSR count). The van der Waals surface area contributed by atoms with Gasteiger partial charge in [-0.3, -0.25) is 19.7 Å². The van der Waals surface area contributed by atoms with Crippen molar-refractivity contribution in [3.8, 4) is 0 Å². The summed E-state index contributed by atoms with van der Waals surface area (Å²) in [5, 5.41) is 13.3. The van der Waals surface area contributed by atoms with Crippen LogP contribution in [0.3, 0.4) is 0 Å². The molecule has 0 aliphatic heterocycles. The highest BCUT2D eigenvalue weighted by Crippen LogP contribution is 2.22. The summed E-state index contributed by atoms with van der Waals surface area (Å²) in [6.45, 7) is 1.21. The summed E-state index contributed by atoms with van der Waals surface area (Å²) >= 11 is 1.37. The van der Waals surface area contributed by atoms with Crippen LogP contribution in [-0.2, 0) is 14.3 Å². The molecule has 0 bridgehead atoms. The van der Waals surface area contributed by atoms with E-state index in [0.29, 0.717) is 11.3 Å². The normalized spacial score (nSPS) is 10.3. The summed E-state index contributed by atoms with van der Waals surface area (Å²) in [4.78, 5) is 34.6. The second kappa shape index (κ2) is 9.67. The van der Waals surface area contributed by atoms with Crippen LogP contribution in [0.2, 0.25) is 0 Å². The van der Waals surface area contributed by atoms with E-state index in [9.17, 15) is 24.1 Å². The quantitative estimate of drug-likeness (QED) is 0.318. The van der Waals surface area contributed by atoms with Gasteiger partial charge in [0.25, 0.3) is 11.6 Å². The molecule has 1 N–H and O–H groups in total. The Bertz CT molecular complexity index is 842. The Kier molecular flexibility index (Phi) is 7.30. The summed E-state index contributed by atoms with van der Waals surface area (Å²) < 4.78 is 17.7. The minimum absolute atomic E-state index is 0.0885. The number of nitrogens with zero attached hydrogens (tertiary/aromatic N) is 1. The number of hydrogen-bond acceptors (Lipinski definition) is 6. The molecule has 0 saturated heterocycles. The van der Waals surface area contributed by atoms with E-state index < -0.39 is 23.4 Å². The van der Waals surface area contributed by atoms with Gasteiger partial charge in [0, 0.05) is 22.8 Å². The molecule has 0 aliphatic carbocycles. The van der Waals surface area contributed by atoms with E-state index in [1.165, 1.54) is 42.1 Å². The second-order valence-electron chi connectivity index (χ2n) is 5.52. The Balaban J connectivity index is 1.75. The lowest BCUT2D eigenvalue weighted by Crippen LogP contribution is -2.21. The van der Waals surface area contributed by atoms with E-state index in [0.717, 1.165) is 4.90 Å². The zero-order valence-electron chi connectivity index (χ0n) is 14.4. The Hall–Kier alpha value is -2.94. The number of carbonyl (C=O) groups excluding carboxylic acids is 2. The Morgan fingerprint density at radius 3 is 2.59 bits per heavy atom. The monoisotopic (exact) mass is 392 g/mol. The van der Waals surface area contributed by atoms with E-state index in [4.69, 9.17) is 4.74 Å². The van der Waals surface area contributed by atoms with Gasteiger partial charge < -0.3 is 10.1 Å². The fourth-order valence-electron chi connectivity index (χ4n) is 2.05. The molecule has 0 aromatic heterocycles. The summed E-state index contributed by atoms with van der Waals surface area (Å²) in [6.07, 6.45) is 0.0885. The zero-order chi connectivity index (χ0) is 19.8. The van der Waals surface area contributed by atoms with Gasteiger partial charge in [-0.05, 0) is 36.8 Å². The molecule has 27 heavy (non-hydrogen) atoms. The van der Waals surface area contributed by atoms with Gasteiger partial charge in [0.15, 0.2) is 6.61 Å². The lowest BCUT2D eigenvalue weighted by molar-refractivity contribution is -0.384. The minimum Gasteiger partial charge on any atom is -0.456 e. The molecule has 0 unspecified atom stereocenters.